The summed E-state index contributed by atoms with van der Waals surface area (Å²) in [5, 5.41) is 30.0. The van der Waals surface area contributed by atoms with Crippen LogP contribution in [0.15, 0.2) is 48.5 Å². The number of benzene rings is 2. The lowest BCUT2D eigenvalue weighted by molar-refractivity contribution is -0.383. The fourth-order valence-electron chi connectivity index (χ4n) is 6.32. The predicted octanol–water partition coefficient (Wildman–Crippen LogP) is 6.57. The van der Waals surface area contributed by atoms with Gasteiger partial charge in [-0.2, -0.15) is 10.5 Å². The summed E-state index contributed by atoms with van der Waals surface area (Å²) in [6.45, 7) is 6.71. The Morgan fingerprint density at radius 3 is 2.10 bits per heavy atom. The number of nitrogens with two attached hydrogens (primary N) is 2. The van der Waals surface area contributed by atoms with Crippen LogP contribution in [0, 0.1) is 32.8 Å². The molecule has 4 aromatic rings. The molecule has 16 heteroatoms. The van der Waals surface area contributed by atoms with E-state index in [1.807, 2.05) is 23.1 Å². The molecule has 4 N–H and O–H groups in total. The molecule has 306 valence electrons. The Balaban J connectivity index is 0.000000306. The van der Waals surface area contributed by atoms with Gasteiger partial charge >= 0.3 is 11.7 Å². The first-order valence-electron chi connectivity index (χ1n) is 20.1. The predicted molar refractivity (Wildman–Crippen MR) is 222 cm³/mol. The lowest BCUT2D eigenvalue weighted by atomic mass is 10.0. The lowest BCUT2D eigenvalue weighted by Gasteiger charge is -2.30. The van der Waals surface area contributed by atoms with E-state index in [-0.39, 0.29) is 43.5 Å². The fraction of sp³-hybridized carbons (Fsp3) is 0.429. The Morgan fingerprint density at radius 2 is 1.52 bits per heavy atom. The van der Waals surface area contributed by atoms with E-state index in [0.29, 0.717) is 47.8 Å². The highest BCUT2D eigenvalue weighted by Gasteiger charge is 2.30. The highest BCUT2D eigenvalue weighted by molar-refractivity contribution is 5.91. The van der Waals surface area contributed by atoms with Gasteiger partial charge in [-0.15, -0.1) is 0 Å². The van der Waals surface area contributed by atoms with E-state index in [0.717, 1.165) is 67.7 Å². The summed E-state index contributed by atoms with van der Waals surface area (Å²) in [4.78, 5) is 56.5. The summed E-state index contributed by atoms with van der Waals surface area (Å²) < 4.78 is 10.8. The summed E-state index contributed by atoms with van der Waals surface area (Å²) in [6, 6.07) is 18.4. The third kappa shape index (κ3) is 12.9. The Hall–Kier alpha value is -6.68. The number of Topliss-reactive ketones (excluding diaryl/α,β-unsaturated/α-hetero) is 1. The van der Waals surface area contributed by atoms with Gasteiger partial charge in [-0.3, -0.25) is 19.7 Å². The molecule has 0 atom stereocenters. The number of ether oxygens (including phenoxy) is 1. The van der Waals surface area contributed by atoms with Crippen LogP contribution in [0.4, 0.5) is 29.0 Å². The number of aryl methyl sites for hydroxylation is 2. The molecule has 2 aromatic carbocycles. The van der Waals surface area contributed by atoms with E-state index >= 15 is 0 Å². The zero-order valence-electron chi connectivity index (χ0n) is 34.7. The number of anilines is 4. The highest BCUT2D eigenvalue weighted by Crippen LogP contribution is 2.33. The highest BCUT2D eigenvalue weighted by atomic mass is 16.6. The molecule has 3 heterocycles. The molecule has 0 radical (unpaired) electrons. The van der Waals surface area contributed by atoms with Crippen molar-refractivity contribution in [2.75, 3.05) is 41.0 Å². The minimum Gasteiger partial charge on any atom is -0.465 e. The Morgan fingerprint density at radius 1 is 0.931 bits per heavy atom. The summed E-state index contributed by atoms with van der Waals surface area (Å²) in [7, 11) is 1.25. The number of hydrogen-bond acceptors (Lipinski definition) is 15. The first-order valence-corrected chi connectivity index (χ1v) is 19.1. The zero-order valence-corrected chi connectivity index (χ0v) is 33.7. The van der Waals surface area contributed by atoms with Gasteiger partial charge in [0.2, 0.25) is 11.6 Å². The number of fused-ring (bicyclic) bond motifs is 1. The first kappa shape index (κ1) is 44.0. The molecular formula is C42H53N11O5. The second-order valence-electron chi connectivity index (χ2n) is 13.6. The third-order valence-corrected chi connectivity index (χ3v) is 9.02. The zero-order chi connectivity index (χ0) is 43.3. The second kappa shape index (κ2) is 22.8. The molecule has 5 rings (SSSR count). The molecule has 0 aliphatic carbocycles. The van der Waals surface area contributed by atoms with Crippen molar-refractivity contribution < 1.29 is 20.6 Å². The molecule has 1 aliphatic heterocycles. The van der Waals surface area contributed by atoms with E-state index in [4.69, 9.17) is 33.1 Å². The Bertz CT molecular complexity index is 2140. The summed E-state index contributed by atoms with van der Waals surface area (Å²) in [6.07, 6.45) is 7.65. The number of nitriles is 2. The van der Waals surface area contributed by atoms with Gasteiger partial charge in [-0.1, -0.05) is 71.2 Å². The number of nitrogen functional groups attached to an aromatic ring is 2. The quantitative estimate of drug-likeness (QED) is 0.0497. The SMILES string of the molecule is CCCCCc1nc(N)c([N+](=O)[O-])c(N(CC(=O)OCC)Cc2cccc(C#N)c2)n1.CCCCCc1nc(N)c2c(n1)N(Cc1cccc(C#N)c1)CC(=O)C2.[2H]C. The number of hydrogen-bond donors (Lipinski definition) is 2. The van der Waals surface area contributed by atoms with Gasteiger partial charge in [0.05, 0.1) is 41.3 Å². The number of rotatable bonds is 17. The first-order chi connectivity index (χ1) is 28.5. The van der Waals surface area contributed by atoms with Crippen LogP contribution >= 0.6 is 0 Å². The van der Waals surface area contributed by atoms with Crippen molar-refractivity contribution in [3.8, 4) is 12.1 Å². The molecule has 0 saturated heterocycles. The molecule has 0 bridgehead atoms. The maximum absolute atomic E-state index is 12.2. The maximum atomic E-state index is 12.2. The monoisotopic (exact) mass is 792 g/mol. The number of esters is 1. The van der Waals surface area contributed by atoms with Gasteiger partial charge in [0.15, 0.2) is 5.78 Å². The minimum atomic E-state index is -0.648. The normalized spacial score (nSPS) is 11.7. The molecule has 16 nitrogen and oxygen atoms in total. The topological polar surface area (TPSA) is 244 Å². The van der Waals surface area contributed by atoms with Crippen LogP contribution in [-0.2, 0) is 46.7 Å². The van der Waals surface area contributed by atoms with Gasteiger partial charge in [0.25, 0.3) is 0 Å². The summed E-state index contributed by atoms with van der Waals surface area (Å²) in [5.74, 6) is 1.53. The minimum absolute atomic E-state index is 0.0422. The molecule has 0 saturated carbocycles. The van der Waals surface area contributed by atoms with Crippen molar-refractivity contribution in [1.82, 2.24) is 19.9 Å². The van der Waals surface area contributed by atoms with Gasteiger partial charge in [-0.05, 0) is 55.2 Å². The van der Waals surface area contributed by atoms with Crippen LogP contribution in [0.1, 0.15) is 108 Å². The van der Waals surface area contributed by atoms with Crippen molar-refractivity contribution >= 4 is 40.7 Å². The standard InChI is InChI=1S/C21H26N6O4.C20H23N5O.CH4/c1-3-5-6-10-17-24-20(23)19(27(29)30)21(25-17)26(14-18(28)31-4-2)13-16-9-7-8-15(11-16)12-22;1-2-3-4-8-18-23-19(22)17-10-16(26)13-25(20(17)24-18)12-15-7-5-6-14(9-15)11-21;/h7-9,11H,3-6,10,13-14H2,1-2H3,(H2,23,24,25);5-7,9H,2-4,8,10,12-13H2,1H3,(H2,22,23,24);1H4/i;;1D. The van der Waals surface area contributed by atoms with Crippen LogP contribution in [-0.4, -0.2) is 56.3 Å². The van der Waals surface area contributed by atoms with E-state index in [1.54, 1.807) is 37.3 Å². The van der Waals surface area contributed by atoms with E-state index in [2.05, 4.69) is 40.9 Å². The van der Waals surface area contributed by atoms with Crippen LogP contribution in [0.25, 0.3) is 0 Å². The van der Waals surface area contributed by atoms with Crippen LogP contribution in [0.2, 0.25) is 0 Å². The average Bonchev–Trinajstić information content (AvgIpc) is 3.22. The van der Waals surface area contributed by atoms with Gasteiger partial charge in [-0.25, -0.2) is 19.9 Å². The average molecular weight is 793 g/mol. The number of nitrogens with zero attached hydrogens (tertiary/aromatic N) is 9. The third-order valence-electron chi connectivity index (χ3n) is 9.02. The smallest absolute Gasteiger partial charge is 0.353 e. The number of carbonyl (C=O) groups is 2. The molecule has 0 spiro atoms. The van der Waals surface area contributed by atoms with Crippen LogP contribution in [0.3, 0.4) is 0 Å². The summed E-state index contributed by atoms with van der Waals surface area (Å²) >= 11 is 0. The molecular weight excluding hydrogens is 739 g/mol. The number of aromatic nitrogens is 4. The molecule has 1 aliphatic rings. The van der Waals surface area contributed by atoms with Crippen LogP contribution in [0.5, 0.6) is 0 Å². The van der Waals surface area contributed by atoms with Gasteiger partial charge in [0.1, 0.15) is 29.8 Å². The number of carbonyl (C=O) groups excluding carboxylic acids is 2. The lowest BCUT2D eigenvalue weighted by Crippen LogP contribution is -2.37. The van der Waals surface area contributed by atoms with Crippen molar-refractivity contribution in [2.45, 2.75) is 99.1 Å². The maximum Gasteiger partial charge on any atom is 0.353 e. The largest absolute Gasteiger partial charge is 0.465 e. The molecule has 58 heavy (non-hydrogen) atoms. The van der Waals surface area contributed by atoms with Crippen molar-refractivity contribution in [1.29, 1.82) is 10.5 Å². The van der Waals surface area contributed by atoms with Crippen LogP contribution < -0.4 is 21.3 Å². The molecule has 0 unspecified atom stereocenters. The number of nitro groups is 1. The van der Waals surface area contributed by atoms with Crippen molar-refractivity contribution in [3.05, 3.63) is 98.1 Å². The van der Waals surface area contributed by atoms with Crippen molar-refractivity contribution in [2.24, 2.45) is 0 Å². The van der Waals surface area contributed by atoms with Gasteiger partial charge in [0, 0.05) is 39.3 Å². The Kier molecular flexibility index (Phi) is 17.3. The van der Waals surface area contributed by atoms with E-state index in [9.17, 15) is 19.7 Å². The summed E-state index contributed by atoms with van der Waals surface area (Å²) in [5.41, 5.74) is 15.0. The molecule has 0 fully saturated rings. The van der Waals surface area contributed by atoms with E-state index < -0.39 is 16.6 Å². The number of ketones is 1. The number of unbranched alkanes of at least 4 members (excludes halogenated alkanes) is 4. The van der Waals surface area contributed by atoms with Crippen molar-refractivity contribution in [3.63, 3.8) is 0 Å². The Labute approximate surface area is 341 Å². The van der Waals surface area contributed by atoms with Gasteiger partial charge < -0.3 is 26.0 Å². The molecule has 2 aromatic heterocycles. The fourth-order valence-corrected chi connectivity index (χ4v) is 6.32. The van der Waals surface area contributed by atoms with E-state index in [1.165, 1.54) is 12.3 Å². The molecule has 0 amide bonds. The second-order valence-corrected chi connectivity index (χ2v) is 13.6.